The highest BCUT2D eigenvalue weighted by molar-refractivity contribution is 6.33. The topological polar surface area (TPSA) is 41.1 Å². The van der Waals surface area contributed by atoms with Gasteiger partial charge in [-0.1, -0.05) is 54.1 Å². The molecule has 0 saturated heterocycles. The van der Waals surface area contributed by atoms with Crippen molar-refractivity contribution in [3.05, 3.63) is 76.9 Å². The summed E-state index contributed by atoms with van der Waals surface area (Å²) < 4.78 is 0. The van der Waals surface area contributed by atoms with E-state index < -0.39 is 0 Å². The van der Waals surface area contributed by atoms with Crippen LogP contribution in [0.4, 0.5) is 17.5 Å². The molecule has 3 rings (SSSR count). The van der Waals surface area contributed by atoms with Crippen molar-refractivity contribution < 1.29 is 0 Å². The molecule has 2 aromatic carbocycles. The Balaban J connectivity index is 1.86. The Morgan fingerprint density at radius 3 is 2.44 bits per heavy atom. The summed E-state index contributed by atoms with van der Waals surface area (Å²) in [6.07, 6.45) is 0. The zero-order chi connectivity index (χ0) is 17.6. The molecule has 0 aliphatic carbocycles. The molecule has 0 atom stereocenters. The van der Waals surface area contributed by atoms with Crippen LogP contribution in [0.5, 0.6) is 0 Å². The highest BCUT2D eigenvalue weighted by atomic mass is 35.5. The lowest BCUT2D eigenvalue weighted by Crippen LogP contribution is -2.23. The first kappa shape index (κ1) is 17.2. The van der Waals surface area contributed by atoms with Crippen LogP contribution in [0.1, 0.15) is 18.2 Å². The van der Waals surface area contributed by atoms with Crippen LogP contribution in [-0.4, -0.2) is 16.5 Å². The van der Waals surface area contributed by atoms with Crippen molar-refractivity contribution in [2.45, 2.75) is 20.4 Å². The predicted octanol–water partition coefficient (Wildman–Crippen LogP) is 5.21. The van der Waals surface area contributed by atoms with Crippen LogP contribution in [0, 0.1) is 6.92 Å². The monoisotopic (exact) mass is 352 g/mol. The molecule has 0 saturated carbocycles. The molecule has 1 heterocycles. The molecule has 0 bridgehead atoms. The molecule has 5 heteroatoms. The van der Waals surface area contributed by atoms with Gasteiger partial charge in [-0.05, 0) is 31.5 Å². The van der Waals surface area contributed by atoms with Gasteiger partial charge in [-0.3, -0.25) is 0 Å². The molecule has 0 unspecified atom stereocenters. The van der Waals surface area contributed by atoms with Gasteiger partial charge in [-0.25, -0.2) is 4.98 Å². The van der Waals surface area contributed by atoms with Crippen molar-refractivity contribution in [3.8, 4) is 0 Å². The number of nitrogens with one attached hydrogen (secondary N) is 1. The Hall–Kier alpha value is -2.59. The van der Waals surface area contributed by atoms with Gasteiger partial charge in [0.1, 0.15) is 5.82 Å². The van der Waals surface area contributed by atoms with Crippen LogP contribution in [-0.2, 0) is 6.54 Å². The third-order valence-electron chi connectivity index (χ3n) is 3.88. The molecule has 0 radical (unpaired) electrons. The van der Waals surface area contributed by atoms with E-state index in [0.29, 0.717) is 11.0 Å². The largest absolute Gasteiger partial charge is 0.352 e. The lowest BCUT2D eigenvalue weighted by molar-refractivity contribution is 0.809. The van der Waals surface area contributed by atoms with Crippen molar-refractivity contribution >= 4 is 29.1 Å². The second kappa shape index (κ2) is 7.99. The molecule has 1 N–H and O–H groups in total. The van der Waals surface area contributed by atoms with Crippen molar-refractivity contribution in [3.63, 3.8) is 0 Å². The third-order valence-corrected chi connectivity index (χ3v) is 4.21. The molecule has 0 amide bonds. The van der Waals surface area contributed by atoms with Crippen molar-refractivity contribution in [1.29, 1.82) is 0 Å². The SMILES string of the molecule is CCN(Cc1ccccc1)c1cc(C)nc(Nc2ccccc2Cl)n1. The number of anilines is 3. The summed E-state index contributed by atoms with van der Waals surface area (Å²) in [4.78, 5) is 11.4. The molecular formula is C20H21ClN4. The highest BCUT2D eigenvalue weighted by Crippen LogP contribution is 2.25. The molecule has 0 fully saturated rings. The van der Waals surface area contributed by atoms with Crippen LogP contribution in [0.25, 0.3) is 0 Å². The average molecular weight is 353 g/mol. The molecule has 3 aromatic rings. The maximum Gasteiger partial charge on any atom is 0.229 e. The van der Waals surface area contributed by atoms with Gasteiger partial charge in [-0.2, -0.15) is 4.98 Å². The number of hydrogen-bond acceptors (Lipinski definition) is 4. The fraction of sp³-hybridized carbons (Fsp3) is 0.200. The summed E-state index contributed by atoms with van der Waals surface area (Å²) >= 11 is 6.22. The number of rotatable bonds is 6. The van der Waals surface area contributed by atoms with E-state index in [2.05, 4.69) is 51.4 Å². The maximum absolute atomic E-state index is 6.22. The van der Waals surface area contributed by atoms with E-state index in [1.165, 1.54) is 5.56 Å². The molecule has 0 spiro atoms. The molecule has 0 aliphatic rings. The van der Waals surface area contributed by atoms with Gasteiger partial charge in [-0.15, -0.1) is 0 Å². The normalized spacial score (nSPS) is 10.5. The van der Waals surface area contributed by atoms with Crippen LogP contribution >= 0.6 is 11.6 Å². The summed E-state index contributed by atoms with van der Waals surface area (Å²) in [5.74, 6) is 1.45. The Morgan fingerprint density at radius 1 is 1.00 bits per heavy atom. The number of para-hydroxylation sites is 1. The molecule has 4 nitrogen and oxygen atoms in total. The molecule has 0 aliphatic heterocycles. The standard InChI is InChI=1S/C20H21ClN4/c1-3-25(14-16-9-5-4-6-10-16)19-13-15(2)22-20(24-19)23-18-12-8-7-11-17(18)21/h4-13H,3,14H2,1-2H3,(H,22,23,24). The second-order valence-corrected chi connectivity index (χ2v) is 6.20. The second-order valence-electron chi connectivity index (χ2n) is 5.80. The van der Waals surface area contributed by atoms with E-state index in [9.17, 15) is 0 Å². The van der Waals surface area contributed by atoms with Gasteiger partial charge >= 0.3 is 0 Å². The Morgan fingerprint density at radius 2 is 1.72 bits per heavy atom. The van der Waals surface area contributed by atoms with Gasteiger partial charge in [0.05, 0.1) is 10.7 Å². The minimum absolute atomic E-state index is 0.551. The van der Waals surface area contributed by atoms with E-state index in [1.807, 2.05) is 43.3 Å². The Labute approximate surface area is 153 Å². The quantitative estimate of drug-likeness (QED) is 0.661. The summed E-state index contributed by atoms with van der Waals surface area (Å²) in [6, 6.07) is 20.0. The summed E-state index contributed by atoms with van der Waals surface area (Å²) in [7, 11) is 0. The number of nitrogens with zero attached hydrogens (tertiary/aromatic N) is 3. The number of benzene rings is 2. The predicted molar refractivity (Wildman–Crippen MR) is 105 cm³/mol. The van der Waals surface area contributed by atoms with Gasteiger partial charge < -0.3 is 10.2 Å². The summed E-state index contributed by atoms with van der Waals surface area (Å²) in [5, 5.41) is 3.86. The molecular weight excluding hydrogens is 332 g/mol. The number of halogens is 1. The summed E-state index contributed by atoms with van der Waals surface area (Å²) in [6.45, 7) is 5.76. The fourth-order valence-corrected chi connectivity index (χ4v) is 2.79. The summed E-state index contributed by atoms with van der Waals surface area (Å²) in [5.41, 5.74) is 2.96. The van der Waals surface area contributed by atoms with Gasteiger partial charge in [0, 0.05) is 24.8 Å². The Kier molecular flexibility index (Phi) is 5.51. The van der Waals surface area contributed by atoms with Crippen molar-refractivity contribution in [2.75, 3.05) is 16.8 Å². The number of aromatic nitrogens is 2. The van der Waals surface area contributed by atoms with Crippen LogP contribution < -0.4 is 10.2 Å². The Bertz CT molecular complexity index is 836. The smallest absolute Gasteiger partial charge is 0.229 e. The van der Waals surface area contributed by atoms with Gasteiger partial charge in [0.15, 0.2) is 0 Å². The lowest BCUT2D eigenvalue weighted by Gasteiger charge is -2.23. The van der Waals surface area contributed by atoms with Crippen LogP contribution in [0.3, 0.4) is 0 Å². The molecule has 128 valence electrons. The lowest BCUT2D eigenvalue weighted by atomic mass is 10.2. The first-order valence-electron chi connectivity index (χ1n) is 8.32. The van der Waals surface area contributed by atoms with Crippen LogP contribution in [0.15, 0.2) is 60.7 Å². The minimum Gasteiger partial charge on any atom is -0.352 e. The van der Waals surface area contributed by atoms with E-state index in [-0.39, 0.29) is 0 Å². The molecule has 1 aromatic heterocycles. The zero-order valence-electron chi connectivity index (χ0n) is 14.4. The van der Waals surface area contributed by atoms with Gasteiger partial charge in [0.2, 0.25) is 5.95 Å². The zero-order valence-corrected chi connectivity index (χ0v) is 15.2. The maximum atomic E-state index is 6.22. The van der Waals surface area contributed by atoms with Crippen molar-refractivity contribution in [2.24, 2.45) is 0 Å². The molecule has 25 heavy (non-hydrogen) atoms. The fourth-order valence-electron chi connectivity index (χ4n) is 2.61. The van der Waals surface area contributed by atoms with Gasteiger partial charge in [0.25, 0.3) is 0 Å². The first-order valence-corrected chi connectivity index (χ1v) is 8.69. The average Bonchev–Trinajstić information content (AvgIpc) is 2.62. The van der Waals surface area contributed by atoms with Crippen molar-refractivity contribution in [1.82, 2.24) is 9.97 Å². The van der Waals surface area contributed by atoms with E-state index in [1.54, 1.807) is 0 Å². The first-order chi connectivity index (χ1) is 12.2. The number of aryl methyl sites for hydroxylation is 1. The van der Waals surface area contributed by atoms with E-state index in [0.717, 1.165) is 30.3 Å². The number of hydrogen-bond donors (Lipinski definition) is 1. The van der Waals surface area contributed by atoms with E-state index >= 15 is 0 Å². The highest BCUT2D eigenvalue weighted by Gasteiger charge is 2.11. The minimum atomic E-state index is 0.551. The third kappa shape index (κ3) is 4.48. The van der Waals surface area contributed by atoms with Crippen LogP contribution in [0.2, 0.25) is 5.02 Å². The van der Waals surface area contributed by atoms with E-state index in [4.69, 9.17) is 11.6 Å².